The monoisotopic (exact) mass is 396 g/mol. The summed E-state index contributed by atoms with van der Waals surface area (Å²) in [7, 11) is 1.64. The fourth-order valence-corrected chi connectivity index (χ4v) is 3.06. The lowest BCUT2D eigenvalue weighted by molar-refractivity contribution is 0.0977. The van der Waals surface area contributed by atoms with E-state index in [1.54, 1.807) is 28.4 Å². The zero-order chi connectivity index (χ0) is 21.1. The first-order valence-electron chi connectivity index (χ1n) is 9.21. The molecular weight excluding hydrogens is 372 g/mol. The normalized spacial score (nSPS) is 11.4. The Hall–Kier alpha value is -3.53. The van der Waals surface area contributed by atoms with Crippen molar-refractivity contribution in [3.05, 3.63) is 47.4 Å². The molecule has 0 bridgehead atoms. The van der Waals surface area contributed by atoms with Crippen molar-refractivity contribution in [1.82, 2.24) is 24.3 Å². The first-order chi connectivity index (χ1) is 13.9. The van der Waals surface area contributed by atoms with Crippen LogP contribution < -0.4 is 16.4 Å². The summed E-state index contributed by atoms with van der Waals surface area (Å²) in [6, 6.07) is 3.31. The Morgan fingerprint density at radius 3 is 2.69 bits per heavy atom. The number of amides is 2. The van der Waals surface area contributed by atoms with Gasteiger partial charge in [-0.05, 0) is 26.0 Å². The summed E-state index contributed by atoms with van der Waals surface area (Å²) in [4.78, 5) is 35.0. The van der Waals surface area contributed by atoms with E-state index in [4.69, 9.17) is 11.5 Å². The smallest absolute Gasteiger partial charge is 0.278 e. The Bertz CT molecular complexity index is 1100. The number of hydrogen-bond donors (Lipinski definition) is 2. The molecule has 0 spiro atoms. The van der Waals surface area contributed by atoms with Crippen LogP contribution >= 0.6 is 0 Å². The van der Waals surface area contributed by atoms with E-state index in [0.717, 1.165) is 5.69 Å². The number of carbonyl (C=O) groups is 2. The SMILES string of the molecule is CCn1nc(C)cc1C(=O)N(C)c1nc2cc(C(N)=O)cnc2n1C/C=C/CN. The van der Waals surface area contributed by atoms with Crippen molar-refractivity contribution in [2.24, 2.45) is 11.5 Å². The maximum Gasteiger partial charge on any atom is 0.278 e. The summed E-state index contributed by atoms with van der Waals surface area (Å²) in [5.74, 6) is -0.450. The highest BCUT2D eigenvalue weighted by Crippen LogP contribution is 2.23. The topological polar surface area (TPSA) is 138 Å². The molecule has 10 nitrogen and oxygen atoms in total. The van der Waals surface area contributed by atoms with Crippen molar-refractivity contribution < 1.29 is 9.59 Å². The van der Waals surface area contributed by atoms with E-state index in [1.165, 1.54) is 11.1 Å². The summed E-state index contributed by atoms with van der Waals surface area (Å²) < 4.78 is 3.43. The maximum atomic E-state index is 13.2. The molecule has 0 aromatic carbocycles. The number of carbonyl (C=O) groups excluding carboxylic acids is 2. The number of nitrogens with two attached hydrogens (primary N) is 2. The Balaban J connectivity index is 2.10. The molecule has 0 aliphatic rings. The third kappa shape index (κ3) is 3.87. The Labute approximate surface area is 167 Å². The van der Waals surface area contributed by atoms with Crippen molar-refractivity contribution in [1.29, 1.82) is 0 Å². The van der Waals surface area contributed by atoms with Gasteiger partial charge in [-0.1, -0.05) is 12.2 Å². The largest absolute Gasteiger partial charge is 0.366 e. The number of fused-ring (bicyclic) bond motifs is 1. The highest BCUT2D eigenvalue weighted by molar-refractivity contribution is 6.04. The zero-order valence-electron chi connectivity index (χ0n) is 16.7. The summed E-state index contributed by atoms with van der Waals surface area (Å²) in [5.41, 5.74) is 13.4. The molecule has 3 heterocycles. The van der Waals surface area contributed by atoms with Gasteiger partial charge in [-0.3, -0.25) is 23.7 Å². The molecule has 3 aromatic rings. The van der Waals surface area contributed by atoms with Crippen LogP contribution in [0.5, 0.6) is 0 Å². The number of primary amides is 1. The number of anilines is 1. The average Bonchev–Trinajstić information content (AvgIpc) is 3.26. The fourth-order valence-electron chi connectivity index (χ4n) is 3.06. The van der Waals surface area contributed by atoms with E-state index in [2.05, 4.69) is 15.1 Å². The molecule has 0 unspecified atom stereocenters. The molecule has 2 amide bonds. The lowest BCUT2D eigenvalue weighted by atomic mass is 10.2. The van der Waals surface area contributed by atoms with Crippen LogP contribution in [-0.4, -0.2) is 49.7 Å². The summed E-state index contributed by atoms with van der Waals surface area (Å²) in [5, 5.41) is 4.34. The van der Waals surface area contributed by atoms with Crippen LogP contribution in [0.3, 0.4) is 0 Å². The molecular formula is C19H24N8O2. The van der Waals surface area contributed by atoms with Crippen molar-refractivity contribution >= 4 is 28.9 Å². The lowest BCUT2D eigenvalue weighted by Gasteiger charge is -2.18. The van der Waals surface area contributed by atoms with Crippen molar-refractivity contribution in [2.75, 3.05) is 18.5 Å². The van der Waals surface area contributed by atoms with Gasteiger partial charge < -0.3 is 11.5 Å². The molecule has 0 radical (unpaired) electrons. The molecule has 0 saturated carbocycles. The minimum absolute atomic E-state index is 0.248. The molecule has 0 aliphatic heterocycles. The van der Waals surface area contributed by atoms with Crippen LogP contribution in [-0.2, 0) is 13.1 Å². The van der Waals surface area contributed by atoms with Gasteiger partial charge >= 0.3 is 0 Å². The second kappa shape index (κ2) is 8.23. The second-order valence-electron chi connectivity index (χ2n) is 6.51. The van der Waals surface area contributed by atoms with Crippen molar-refractivity contribution in [3.8, 4) is 0 Å². The number of aromatic nitrogens is 5. The molecule has 0 saturated heterocycles. The van der Waals surface area contributed by atoms with E-state index in [1.807, 2.05) is 26.0 Å². The second-order valence-corrected chi connectivity index (χ2v) is 6.51. The van der Waals surface area contributed by atoms with Gasteiger partial charge in [0.2, 0.25) is 11.9 Å². The minimum atomic E-state index is -0.592. The van der Waals surface area contributed by atoms with Gasteiger partial charge in [-0.15, -0.1) is 0 Å². The van der Waals surface area contributed by atoms with Gasteiger partial charge in [0.05, 0.1) is 11.3 Å². The lowest BCUT2D eigenvalue weighted by Crippen LogP contribution is -2.31. The Morgan fingerprint density at radius 2 is 2.03 bits per heavy atom. The highest BCUT2D eigenvalue weighted by atomic mass is 16.2. The van der Waals surface area contributed by atoms with Crippen LogP contribution in [0.2, 0.25) is 0 Å². The van der Waals surface area contributed by atoms with E-state index < -0.39 is 5.91 Å². The van der Waals surface area contributed by atoms with E-state index in [9.17, 15) is 9.59 Å². The summed E-state index contributed by atoms with van der Waals surface area (Å²) >= 11 is 0. The molecule has 3 aromatic heterocycles. The third-order valence-corrected chi connectivity index (χ3v) is 4.47. The summed E-state index contributed by atoms with van der Waals surface area (Å²) in [6.07, 6.45) is 5.08. The molecule has 0 aliphatic carbocycles. The molecule has 4 N–H and O–H groups in total. The minimum Gasteiger partial charge on any atom is -0.366 e. The van der Waals surface area contributed by atoms with Crippen LogP contribution in [0.25, 0.3) is 11.2 Å². The molecule has 152 valence electrons. The number of imidazole rings is 1. The van der Waals surface area contributed by atoms with Crippen molar-refractivity contribution in [3.63, 3.8) is 0 Å². The molecule has 0 fully saturated rings. The molecule has 0 atom stereocenters. The number of aryl methyl sites for hydroxylation is 2. The van der Waals surface area contributed by atoms with Crippen molar-refractivity contribution in [2.45, 2.75) is 26.9 Å². The van der Waals surface area contributed by atoms with E-state index in [-0.39, 0.29) is 11.5 Å². The van der Waals surface area contributed by atoms with Crippen LogP contribution in [0.15, 0.2) is 30.5 Å². The van der Waals surface area contributed by atoms with Gasteiger partial charge in [0.15, 0.2) is 5.65 Å². The fraction of sp³-hybridized carbons (Fsp3) is 0.316. The number of rotatable bonds is 7. The first-order valence-corrected chi connectivity index (χ1v) is 9.21. The predicted molar refractivity (Wildman–Crippen MR) is 110 cm³/mol. The third-order valence-electron chi connectivity index (χ3n) is 4.47. The number of pyridine rings is 1. The van der Waals surface area contributed by atoms with E-state index >= 15 is 0 Å². The van der Waals surface area contributed by atoms with Gasteiger partial charge in [0.1, 0.15) is 11.2 Å². The standard InChI is InChI=1S/C19H24N8O2/c1-4-27-15(9-12(2)24-27)18(29)25(3)19-23-14-10-13(16(21)28)11-22-17(14)26(19)8-6-5-7-20/h5-6,9-11H,4,7-8,20H2,1-3H3,(H2,21,28)/b6-5+. The average molecular weight is 396 g/mol. The van der Waals surface area contributed by atoms with Crippen LogP contribution in [0.1, 0.15) is 33.5 Å². The van der Waals surface area contributed by atoms with Gasteiger partial charge in [0.25, 0.3) is 5.91 Å². The van der Waals surface area contributed by atoms with Crippen LogP contribution in [0.4, 0.5) is 5.95 Å². The van der Waals surface area contributed by atoms with Crippen LogP contribution in [0, 0.1) is 6.92 Å². The quantitative estimate of drug-likeness (QED) is 0.568. The summed E-state index contributed by atoms with van der Waals surface area (Å²) in [6.45, 7) is 5.14. The van der Waals surface area contributed by atoms with Gasteiger partial charge in [-0.25, -0.2) is 9.97 Å². The van der Waals surface area contributed by atoms with Gasteiger partial charge in [0, 0.05) is 32.9 Å². The van der Waals surface area contributed by atoms with E-state index in [0.29, 0.717) is 42.4 Å². The molecule has 10 heteroatoms. The highest BCUT2D eigenvalue weighted by Gasteiger charge is 2.24. The van der Waals surface area contributed by atoms with Gasteiger partial charge in [-0.2, -0.15) is 5.10 Å². The maximum absolute atomic E-state index is 13.2. The Morgan fingerprint density at radius 1 is 1.28 bits per heavy atom. The first kappa shape index (κ1) is 20.2. The molecule has 3 rings (SSSR count). The number of hydrogen-bond acceptors (Lipinski definition) is 6. The predicted octanol–water partition coefficient (Wildman–Crippen LogP) is 0.847. The number of nitrogens with zero attached hydrogens (tertiary/aromatic N) is 6. The Kier molecular flexibility index (Phi) is 5.74. The number of allylic oxidation sites excluding steroid dienone is 1. The zero-order valence-corrected chi connectivity index (χ0v) is 16.7. The molecule has 29 heavy (non-hydrogen) atoms.